The minimum atomic E-state index is -5.90. The molecule has 0 bridgehead atoms. The summed E-state index contributed by atoms with van der Waals surface area (Å²) in [6.07, 6.45) is -15.7. The number of hydrogen-bond donors (Lipinski definition) is 1. The lowest BCUT2D eigenvalue weighted by Gasteiger charge is -2.30. The molecule has 0 aromatic heterocycles. The molecule has 0 aromatic carbocycles. The number of carbonyl (C=O) groups is 1. The Bertz CT molecular complexity index is 497. The second-order valence-corrected chi connectivity index (χ2v) is 5.42. The predicted molar refractivity (Wildman–Crippen MR) is 65.2 cm³/mol. The first kappa shape index (κ1) is 25.4. The van der Waals surface area contributed by atoms with Gasteiger partial charge in [-0.15, -0.1) is 0 Å². The smallest absolute Gasteiger partial charge is 0.407 e. The minimum absolute atomic E-state index is 0.500. The number of carboxylic acid groups (broad SMARTS) is 1. The molecule has 3 nitrogen and oxygen atoms in total. The highest BCUT2D eigenvalue weighted by molar-refractivity contribution is 5.65. The molecule has 0 aromatic rings. The molecular formula is C12H13F12NO2. The second-order valence-electron chi connectivity index (χ2n) is 5.42. The highest BCUT2D eigenvalue weighted by Gasteiger charge is 2.64. The van der Waals surface area contributed by atoms with E-state index in [4.69, 9.17) is 5.11 Å². The summed E-state index contributed by atoms with van der Waals surface area (Å²) in [7, 11) is 0. The molecule has 0 atom stereocenters. The van der Waals surface area contributed by atoms with Gasteiger partial charge < -0.3 is 10.0 Å². The molecule has 1 amide bonds. The van der Waals surface area contributed by atoms with Crippen LogP contribution in [0.15, 0.2) is 0 Å². The van der Waals surface area contributed by atoms with E-state index in [0.717, 1.165) is 0 Å². The Kier molecular flexibility index (Phi) is 8.12. The van der Waals surface area contributed by atoms with Gasteiger partial charge in [0.25, 0.3) is 0 Å². The molecule has 15 heteroatoms. The summed E-state index contributed by atoms with van der Waals surface area (Å²) < 4.78 is 151. The van der Waals surface area contributed by atoms with Gasteiger partial charge in [0.15, 0.2) is 0 Å². The first-order chi connectivity index (χ1) is 11.9. The average molecular weight is 431 g/mol. The van der Waals surface area contributed by atoms with Gasteiger partial charge in [-0.3, -0.25) is 0 Å². The monoisotopic (exact) mass is 431 g/mol. The fourth-order valence-electron chi connectivity index (χ4n) is 1.72. The number of alkyl halides is 12. The van der Waals surface area contributed by atoms with E-state index < -0.39 is 79.9 Å². The number of rotatable bonds is 11. The lowest BCUT2D eigenvalue weighted by atomic mass is 10.0. The normalized spacial score (nSPS) is 14.1. The van der Waals surface area contributed by atoms with Crippen molar-refractivity contribution in [2.24, 2.45) is 0 Å². The van der Waals surface area contributed by atoms with Gasteiger partial charge >= 0.3 is 42.6 Å². The van der Waals surface area contributed by atoms with Crippen LogP contribution in [0, 0.1) is 0 Å². The van der Waals surface area contributed by atoms with Crippen LogP contribution >= 0.6 is 0 Å². The van der Waals surface area contributed by atoms with E-state index >= 15 is 0 Å². The van der Waals surface area contributed by atoms with E-state index in [9.17, 15) is 57.5 Å². The van der Waals surface area contributed by atoms with Gasteiger partial charge in [0.1, 0.15) is 0 Å². The molecule has 0 rings (SSSR count). The van der Waals surface area contributed by atoms with Crippen LogP contribution in [0.5, 0.6) is 0 Å². The number of halogens is 12. The van der Waals surface area contributed by atoms with Gasteiger partial charge in [-0.2, -0.15) is 35.1 Å². The summed E-state index contributed by atoms with van der Waals surface area (Å²) in [5, 5.41) is 8.60. The topological polar surface area (TPSA) is 40.5 Å². The van der Waals surface area contributed by atoms with Crippen molar-refractivity contribution in [3.05, 3.63) is 0 Å². The Morgan fingerprint density at radius 1 is 0.778 bits per heavy atom. The summed E-state index contributed by atoms with van der Waals surface area (Å²) in [6.45, 7) is -3.62. The third-order valence-electron chi connectivity index (χ3n) is 3.35. The fourth-order valence-corrected chi connectivity index (χ4v) is 1.72. The molecule has 1 N–H and O–H groups in total. The van der Waals surface area contributed by atoms with Gasteiger partial charge in [-0.25, -0.2) is 22.4 Å². The van der Waals surface area contributed by atoms with Crippen LogP contribution in [0.25, 0.3) is 0 Å². The molecule has 0 aliphatic carbocycles. The summed E-state index contributed by atoms with van der Waals surface area (Å²) in [4.78, 5) is 10.2. The predicted octanol–water partition coefficient (Wildman–Crippen LogP) is 5.21. The molecule has 0 spiro atoms. The lowest BCUT2D eigenvalue weighted by molar-refractivity contribution is -0.267. The average Bonchev–Trinajstić information content (AvgIpc) is 2.49. The molecule has 27 heavy (non-hydrogen) atoms. The Morgan fingerprint density at radius 2 is 1.19 bits per heavy atom. The first-order valence-electron chi connectivity index (χ1n) is 6.95. The molecule has 0 saturated carbocycles. The SMILES string of the molecule is O=C(O)N(CCCCC(F)(F)C(F)(F)C(F)F)CC(F)(F)C(F)(F)C(F)F. The Morgan fingerprint density at radius 3 is 1.56 bits per heavy atom. The number of hydrogen-bond acceptors (Lipinski definition) is 1. The van der Waals surface area contributed by atoms with E-state index in [-0.39, 0.29) is 0 Å². The van der Waals surface area contributed by atoms with Crippen molar-refractivity contribution >= 4 is 6.09 Å². The third kappa shape index (κ3) is 5.96. The maximum atomic E-state index is 13.2. The van der Waals surface area contributed by atoms with Gasteiger partial charge in [0.05, 0.1) is 6.54 Å². The van der Waals surface area contributed by atoms with Crippen molar-refractivity contribution in [3.63, 3.8) is 0 Å². The summed E-state index contributed by atoms with van der Waals surface area (Å²) in [6, 6.07) is 0. The van der Waals surface area contributed by atoms with Crippen molar-refractivity contribution in [3.8, 4) is 0 Å². The van der Waals surface area contributed by atoms with Crippen molar-refractivity contribution < 1.29 is 62.6 Å². The van der Waals surface area contributed by atoms with Crippen LogP contribution < -0.4 is 0 Å². The minimum Gasteiger partial charge on any atom is -0.465 e. The lowest BCUT2D eigenvalue weighted by Crippen LogP contribution is -2.54. The number of amides is 1. The highest BCUT2D eigenvalue weighted by atomic mass is 19.4. The highest BCUT2D eigenvalue weighted by Crippen LogP contribution is 2.42. The zero-order valence-corrected chi connectivity index (χ0v) is 13.0. The summed E-state index contributed by atoms with van der Waals surface area (Å²) in [5.41, 5.74) is 0. The number of nitrogens with zero attached hydrogens (tertiary/aromatic N) is 1. The van der Waals surface area contributed by atoms with E-state index in [1.807, 2.05) is 0 Å². The zero-order chi connectivity index (χ0) is 21.8. The molecule has 0 heterocycles. The molecule has 0 unspecified atom stereocenters. The first-order valence-corrected chi connectivity index (χ1v) is 6.95. The van der Waals surface area contributed by atoms with Gasteiger partial charge in [-0.1, -0.05) is 0 Å². The van der Waals surface area contributed by atoms with Crippen molar-refractivity contribution in [1.29, 1.82) is 0 Å². The molecule has 0 aliphatic rings. The molecule has 162 valence electrons. The molecule has 0 saturated heterocycles. The van der Waals surface area contributed by atoms with Gasteiger partial charge in [0, 0.05) is 13.0 Å². The van der Waals surface area contributed by atoms with Gasteiger partial charge in [-0.05, 0) is 12.8 Å². The van der Waals surface area contributed by atoms with Crippen LogP contribution in [0.2, 0.25) is 0 Å². The summed E-state index contributed by atoms with van der Waals surface area (Å²) >= 11 is 0. The van der Waals surface area contributed by atoms with Crippen LogP contribution in [0.4, 0.5) is 57.5 Å². The quantitative estimate of drug-likeness (QED) is 0.361. The molecule has 0 fully saturated rings. The second kappa shape index (κ2) is 8.63. The van der Waals surface area contributed by atoms with E-state index in [0.29, 0.717) is 0 Å². The maximum Gasteiger partial charge on any atom is 0.407 e. The zero-order valence-electron chi connectivity index (χ0n) is 13.0. The number of unbranched alkanes of at least 4 members (excludes halogenated alkanes) is 1. The fraction of sp³-hybridized carbons (Fsp3) is 0.917. The Hall–Kier alpha value is -1.57. The van der Waals surface area contributed by atoms with E-state index in [1.54, 1.807) is 0 Å². The maximum absolute atomic E-state index is 13.2. The van der Waals surface area contributed by atoms with Crippen LogP contribution in [0.3, 0.4) is 0 Å². The van der Waals surface area contributed by atoms with E-state index in [2.05, 4.69) is 0 Å². The van der Waals surface area contributed by atoms with Crippen molar-refractivity contribution in [2.75, 3.05) is 13.1 Å². The van der Waals surface area contributed by atoms with E-state index in [1.165, 1.54) is 0 Å². The summed E-state index contributed by atoms with van der Waals surface area (Å²) in [5.74, 6) is -22.3. The van der Waals surface area contributed by atoms with Gasteiger partial charge in [0.2, 0.25) is 0 Å². The molecular weight excluding hydrogens is 418 g/mol. The van der Waals surface area contributed by atoms with Crippen molar-refractivity contribution in [1.82, 2.24) is 4.90 Å². The van der Waals surface area contributed by atoms with Crippen molar-refractivity contribution in [2.45, 2.75) is 55.8 Å². The standard InChI is InChI=1S/C12H13F12NO2/c13-6(14)11(21,22)9(17,18)3-1-2-4-25(8(26)27)5-10(19,20)12(23,24)7(15)16/h6-7H,1-5H2,(H,26,27). The van der Waals surface area contributed by atoms with Crippen LogP contribution in [-0.2, 0) is 0 Å². The Labute approximate surface area is 143 Å². The third-order valence-corrected chi connectivity index (χ3v) is 3.35. The van der Waals surface area contributed by atoms with Crippen LogP contribution in [-0.4, -0.2) is 65.7 Å². The molecule has 0 radical (unpaired) electrons. The largest absolute Gasteiger partial charge is 0.465 e. The van der Waals surface area contributed by atoms with Crippen LogP contribution in [0.1, 0.15) is 19.3 Å². The Balaban J connectivity index is 4.87. The molecule has 0 aliphatic heterocycles.